The maximum Gasteiger partial charge on any atom is 0.367 e. The second-order valence-corrected chi connectivity index (χ2v) is 18.3. The number of hydrogen-bond acceptors (Lipinski definition) is 2. The highest BCUT2D eigenvalue weighted by Gasteiger charge is 2.43. The highest BCUT2D eigenvalue weighted by Crippen LogP contribution is 2.34. The van der Waals surface area contributed by atoms with Gasteiger partial charge < -0.3 is 9.16 Å². The molecule has 0 fully saturated rings. The predicted octanol–water partition coefficient (Wildman–Crippen LogP) is 5.39. The van der Waals surface area contributed by atoms with Crippen LogP contribution in [0.1, 0.15) is 40.5 Å². The molecular weight excluding hydrogens is 339 g/mol. The molecule has 0 aromatic rings. The van der Waals surface area contributed by atoms with Crippen LogP contribution in [0.3, 0.4) is 0 Å². The molecule has 0 spiro atoms. The molecule has 0 saturated carbocycles. The van der Waals surface area contributed by atoms with Crippen molar-refractivity contribution in [3.05, 3.63) is 0 Å². The van der Waals surface area contributed by atoms with E-state index < -0.39 is 14.3 Å². The van der Waals surface area contributed by atoms with Crippen molar-refractivity contribution in [3.63, 3.8) is 0 Å². The lowest BCUT2D eigenvalue weighted by atomic mass is 10.5. The van der Waals surface area contributed by atoms with Crippen LogP contribution in [0.25, 0.3) is 0 Å². The fraction of sp³-hybridized carbons (Fsp3) is 1.00. The van der Waals surface area contributed by atoms with Crippen LogP contribution in [0.2, 0.25) is 18.1 Å². The molecule has 0 aliphatic rings. The second-order valence-electron chi connectivity index (χ2n) is 4.79. The molecule has 0 heterocycles. The Bertz CT molecular complexity index is 225. The third-order valence-corrected chi connectivity index (χ3v) is 11.8. The summed E-state index contributed by atoms with van der Waals surface area (Å²) in [7, 11) is -1.73. The number of ether oxygens (including phenoxy) is 1. The zero-order chi connectivity index (χ0) is 14.9. The van der Waals surface area contributed by atoms with Gasteiger partial charge in [0.25, 0.3) is 0 Å². The summed E-state index contributed by atoms with van der Waals surface area (Å²) in [6.07, 6.45) is 1.70. The van der Waals surface area contributed by atoms with Crippen molar-refractivity contribution in [1.29, 1.82) is 0 Å². The molecule has 0 rings (SSSR count). The van der Waals surface area contributed by atoms with Crippen LogP contribution in [0, 0.1) is 0 Å². The summed E-state index contributed by atoms with van der Waals surface area (Å²) in [6.45, 7) is 10.0. The number of hydrogen-bond donors (Lipinski definition) is 0. The quantitative estimate of drug-likeness (QED) is 0.278. The minimum atomic E-state index is -2.86. The van der Waals surface area contributed by atoms with Crippen LogP contribution in [-0.2, 0) is 9.16 Å². The van der Waals surface area contributed by atoms with E-state index >= 15 is 0 Å². The van der Waals surface area contributed by atoms with E-state index in [0.717, 1.165) is 31.2 Å². The van der Waals surface area contributed by atoms with E-state index in [4.69, 9.17) is 42.4 Å². The van der Waals surface area contributed by atoms with Crippen molar-refractivity contribution in [2.75, 3.05) is 13.2 Å². The zero-order valence-electron chi connectivity index (χ0n) is 12.5. The highest BCUT2D eigenvalue weighted by atomic mass is 35.8. The van der Waals surface area contributed by atoms with Gasteiger partial charge in [-0.2, -0.15) is 0 Å². The molecule has 0 amide bonds. The van der Waals surface area contributed by atoms with Gasteiger partial charge in [-0.25, -0.2) is 0 Å². The molecule has 116 valence electrons. The lowest BCUT2D eigenvalue weighted by Gasteiger charge is -2.35. The fourth-order valence-electron chi connectivity index (χ4n) is 2.03. The monoisotopic (exact) mass is 364 g/mol. The summed E-state index contributed by atoms with van der Waals surface area (Å²) in [4.78, 5) is 0. The number of halogens is 3. The van der Waals surface area contributed by atoms with E-state index in [9.17, 15) is 0 Å². The van der Waals surface area contributed by atoms with Gasteiger partial charge in [-0.1, -0.05) is 27.7 Å². The van der Waals surface area contributed by atoms with Crippen LogP contribution in [0.4, 0.5) is 0 Å². The first-order valence-electron chi connectivity index (χ1n) is 7.17. The first-order valence-corrected chi connectivity index (χ1v) is 14.8. The third kappa shape index (κ3) is 7.69. The maximum atomic E-state index is 6.36. The Morgan fingerprint density at radius 2 is 1.42 bits per heavy atom. The molecule has 1 unspecified atom stereocenters. The molecule has 1 atom stereocenters. The van der Waals surface area contributed by atoms with Gasteiger partial charge >= 0.3 is 6.00 Å². The van der Waals surface area contributed by atoms with E-state index in [0.29, 0.717) is 13.0 Å². The van der Waals surface area contributed by atoms with Crippen molar-refractivity contribution in [2.24, 2.45) is 0 Å². The zero-order valence-corrected chi connectivity index (χ0v) is 16.7. The van der Waals surface area contributed by atoms with Gasteiger partial charge in [0.2, 0.25) is 0 Å². The van der Waals surface area contributed by atoms with Crippen molar-refractivity contribution in [1.82, 2.24) is 0 Å². The summed E-state index contributed by atoms with van der Waals surface area (Å²) >= 11 is 18.6. The van der Waals surface area contributed by atoms with Gasteiger partial charge in [-0.05, 0) is 31.0 Å². The SMILES string of the molecule is CCCOCCC(O[Si](CC)(CC)CC)[Si](Cl)(Cl)Cl. The first-order chi connectivity index (χ1) is 8.85. The van der Waals surface area contributed by atoms with Crippen LogP contribution < -0.4 is 0 Å². The van der Waals surface area contributed by atoms with E-state index in [-0.39, 0.29) is 5.73 Å². The van der Waals surface area contributed by atoms with Gasteiger partial charge in [0.05, 0.1) is 5.73 Å². The van der Waals surface area contributed by atoms with E-state index in [1.54, 1.807) is 0 Å². The minimum Gasteiger partial charge on any atom is -0.413 e. The van der Waals surface area contributed by atoms with Crippen LogP contribution >= 0.6 is 33.2 Å². The summed E-state index contributed by atoms with van der Waals surface area (Å²) < 4.78 is 11.9. The maximum absolute atomic E-state index is 6.36. The van der Waals surface area contributed by atoms with E-state index in [1.165, 1.54) is 0 Å². The van der Waals surface area contributed by atoms with Crippen LogP contribution in [0.5, 0.6) is 0 Å². The van der Waals surface area contributed by atoms with E-state index in [1.807, 2.05) is 0 Å². The summed E-state index contributed by atoms with van der Waals surface area (Å²) in [5.41, 5.74) is -0.235. The van der Waals surface area contributed by atoms with Gasteiger partial charge in [-0.15, -0.1) is 33.2 Å². The molecule has 19 heavy (non-hydrogen) atoms. The molecule has 0 aromatic heterocycles. The second kappa shape index (κ2) is 10.0. The molecule has 7 heteroatoms. The third-order valence-electron chi connectivity index (χ3n) is 3.56. The van der Waals surface area contributed by atoms with Gasteiger partial charge in [0.15, 0.2) is 8.32 Å². The Morgan fingerprint density at radius 3 is 1.79 bits per heavy atom. The molecule has 0 bridgehead atoms. The molecule has 0 aliphatic carbocycles. The van der Waals surface area contributed by atoms with Gasteiger partial charge in [-0.3, -0.25) is 0 Å². The predicted molar refractivity (Wildman–Crippen MR) is 91.1 cm³/mol. The Hall–Kier alpha value is 1.22. The average molecular weight is 366 g/mol. The smallest absolute Gasteiger partial charge is 0.367 e. The Labute approximate surface area is 134 Å². The largest absolute Gasteiger partial charge is 0.413 e. The molecule has 0 radical (unpaired) electrons. The highest BCUT2D eigenvalue weighted by molar-refractivity contribution is 7.65. The first kappa shape index (κ1) is 20.2. The average Bonchev–Trinajstić information content (AvgIpc) is 2.37. The van der Waals surface area contributed by atoms with Crippen molar-refractivity contribution in [3.8, 4) is 0 Å². The summed E-state index contributed by atoms with van der Waals surface area (Å²) in [6, 6.07) is 0.356. The van der Waals surface area contributed by atoms with Gasteiger partial charge in [0.1, 0.15) is 0 Å². The number of rotatable bonds is 11. The Balaban J connectivity index is 4.58. The molecule has 0 aliphatic heterocycles. The lowest BCUT2D eigenvalue weighted by Crippen LogP contribution is -2.47. The molecule has 0 N–H and O–H groups in total. The molecule has 2 nitrogen and oxygen atoms in total. The molecule has 0 saturated heterocycles. The van der Waals surface area contributed by atoms with Gasteiger partial charge in [0, 0.05) is 13.2 Å². The molecule has 0 aromatic carbocycles. The fourth-order valence-corrected chi connectivity index (χ4v) is 8.66. The minimum absolute atomic E-state index is 0.235. The van der Waals surface area contributed by atoms with E-state index in [2.05, 4.69) is 27.7 Å². The lowest BCUT2D eigenvalue weighted by molar-refractivity contribution is 0.109. The summed E-state index contributed by atoms with van der Waals surface area (Å²) in [5.74, 6) is 0. The Morgan fingerprint density at radius 1 is 0.895 bits per heavy atom. The Kier molecular flexibility index (Phi) is 10.7. The van der Waals surface area contributed by atoms with Crippen molar-refractivity contribution < 1.29 is 9.16 Å². The standard InChI is InChI=1S/C12H27Cl3O2Si2/c1-5-10-16-11-9-12(19(13,14)15)17-18(6-2,7-3)8-4/h12H,5-11H2,1-4H3. The van der Waals surface area contributed by atoms with Crippen molar-refractivity contribution in [2.45, 2.75) is 64.4 Å². The van der Waals surface area contributed by atoms with Crippen LogP contribution in [-0.4, -0.2) is 33.3 Å². The normalized spacial score (nSPS) is 14.7. The summed E-state index contributed by atoms with van der Waals surface area (Å²) in [5, 5.41) is 0. The topological polar surface area (TPSA) is 18.5 Å². The molecular formula is C12H27Cl3O2Si2. The van der Waals surface area contributed by atoms with Crippen molar-refractivity contribution >= 4 is 47.6 Å². The van der Waals surface area contributed by atoms with Crippen LogP contribution in [0.15, 0.2) is 0 Å².